The van der Waals surface area contributed by atoms with E-state index >= 15 is 0 Å². The summed E-state index contributed by atoms with van der Waals surface area (Å²) in [7, 11) is 0. The molecule has 0 unspecified atom stereocenters. The van der Waals surface area contributed by atoms with Crippen LogP contribution in [0.2, 0.25) is 0 Å². The van der Waals surface area contributed by atoms with E-state index in [0.29, 0.717) is 0 Å². The zero-order chi connectivity index (χ0) is 40.9. The maximum absolute atomic E-state index is 4.94. The highest BCUT2D eigenvalue weighted by atomic mass is 15.0. The average Bonchev–Trinajstić information content (AvgIpc) is 3.88. The van der Waals surface area contributed by atoms with Gasteiger partial charge in [-0.15, -0.1) is 0 Å². The summed E-state index contributed by atoms with van der Waals surface area (Å²) in [4.78, 5) is 14.5. The molecule has 0 N–H and O–H groups in total. The number of benzene rings is 8. The first-order chi connectivity index (χ1) is 31.3. The second kappa shape index (κ2) is 12.1. The molecule has 0 atom stereocenters. The van der Waals surface area contributed by atoms with E-state index in [1.165, 1.54) is 104 Å². The number of hydrogen-bond acceptors (Lipinski definition) is 3. The van der Waals surface area contributed by atoms with Gasteiger partial charge in [0.1, 0.15) is 0 Å². The highest BCUT2D eigenvalue weighted by Crippen LogP contribution is 2.46. The van der Waals surface area contributed by atoms with Crippen molar-refractivity contribution in [1.82, 2.24) is 24.1 Å². The largest absolute Gasteiger partial charge is 0.310 e. The summed E-state index contributed by atoms with van der Waals surface area (Å²) >= 11 is 0. The molecule has 7 heterocycles. The summed E-state index contributed by atoms with van der Waals surface area (Å²) in [5.41, 5.74) is 17.5. The molecule has 63 heavy (non-hydrogen) atoms. The predicted molar refractivity (Wildman–Crippen MR) is 262 cm³/mol. The molecule has 8 aromatic carbocycles. The summed E-state index contributed by atoms with van der Waals surface area (Å²) in [6.07, 6.45) is 5.67. The van der Waals surface area contributed by atoms with Crippen LogP contribution in [0, 0.1) is 0 Å². The Kier molecular flexibility index (Phi) is 6.44. The Hall–Kier alpha value is -8.35. The van der Waals surface area contributed by atoms with Gasteiger partial charge in [0.05, 0.1) is 33.6 Å². The normalized spacial score (nSPS) is 12.7. The lowest BCUT2D eigenvalue weighted by molar-refractivity contribution is 1.14. The quantitative estimate of drug-likeness (QED) is 0.132. The van der Waals surface area contributed by atoms with E-state index in [4.69, 9.17) is 15.0 Å². The first-order valence-corrected chi connectivity index (χ1v) is 21.6. The van der Waals surface area contributed by atoms with Gasteiger partial charge in [-0.2, -0.15) is 0 Å². The second-order valence-electron chi connectivity index (χ2n) is 17.1. The lowest BCUT2D eigenvalue weighted by Crippen LogP contribution is -2.59. The molecule has 0 amide bonds. The minimum atomic E-state index is -0.0568. The molecule has 15 rings (SSSR count). The molecule has 0 saturated carbocycles. The van der Waals surface area contributed by atoms with Crippen molar-refractivity contribution in [2.75, 3.05) is 0 Å². The number of aromatic nitrogens is 5. The zero-order valence-electron chi connectivity index (χ0n) is 33.8. The van der Waals surface area contributed by atoms with Crippen LogP contribution in [-0.2, 0) is 0 Å². The Morgan fingerprint density at radius 2 is 0.841 bits per heavy atom. The molecule has 0 radical (unpaired) electrons. The van der Waals surface area contributed by atoms with Crippen LogP contribution < -0.4 is 16.4 Å². The van der Waals surface area contributed by atoms with Gasteiger partial charge >= 0.3 is 0 Å². The van der Waals surface area contributed by atoms with Crippen molar-refractivity contribution in [2.45, 2.75) is 0 Å². The molecule has 5 nitrogen and oxygen atoms in total. The molecular weight excluding hydrogens is 765 g/mol. The maximum atomic E-state index is 4.94. The Labute approximate surface area is 361 Å². The van der Waals surface area contributed by atoms with Gasteiger partial charge in [-0.25, -0.2) is 0 Å². The summed E-state index contributed by atoms with van der Waals surface area (Å²) < 4.78 is 5.12. The van der Waals surface area contributed by atoms with Crippen LogP contribution in [0.4, 0.5) is 0 Å². The molecular formula is C57H32BN5. The van der Waals surface area contributed by atoms with E-state index in [1.54, 1.807) is 0 Å². The third kappa shape index (κ3) is 4.34. The van der Waals surface area contributed by atoms with Crippen molar-refractivity contribution in [2.24, 2.45) is 0 Å². The molecule has 0 saturated heterocycles. The lowest BCUT2D eigenvalue weighted by atomic mass is 9.34. The fourth-order valence-corrected chi connectivity index (χ4v) is 11.5. The number of hydrogen-bond donors (Lipinski definition) is 0. The van der Waals surface area contributed by atoms with Crippen LogP contribution in [0.3, 0.4) is 0 Å². The summed E-state index contributed by atoms with van der Waals surface area (Å²) in [6, 6.07) is 64.7. The van der Waals surface area contributed by atoms with Crippen molar-refractivity contribution in [3.63, 3.8) is 0 Å². The Bertz CT molecular complexity index is 4140. The van der Waals surface area contributed by atoms with Gasteiger partial charge in [-0.3, -0.25) is 15.0 Å². The van der Waals surface area contributed by atoms with Gasteiger partial charge in [-0.05, 0) is 122 Å². The molecule has 288 valence electrons. The van der Waals surface area contributed by atoms with Crippen LogP contribution in [0.15, 0.2) is 195 Å². The minimum absolute atomic E-state index is 0.0568. The molecule has 2 aliphatic heterocycles. The molecule has 0 fully saturated rings. The van der Waals surface area contributed by atoms with Crippen molar-refractivity contribution >= 4 is 99.0 Å². The van der Waals surface area contributed by atoms with Gasteiger partial charge in [0.2, 0.25) is 0 Å². The summed E-state index contributed by atoms with van der Waals surface area (Å²) in [6.45, 7) is -0.0568. The SMILES string of the molecule is c1ccc(-c2ccc3c(c2)c2cc(-c4ccccn4)cc4c2n3-c2cccc3c2B4c2cc4c5ccccc5c5ccccc5c4c4c5cc(-c6ccccn6)ccc5n-3c24)nc1. The highest BCUT2D eigenvalue weighted by Gasteiger charge is 2.42. The van der Waals surface area contributed by atoms with Crippen LogP contribution in [0.5, 0.6) is 0 Å². The third-order valence-corrected chi connectivity index (χ3v) is 14.0. The predicted octanol–water partition coefficient (Wildman–Crippen LogP) is 11.7. The average molecular weight is 798 g/mol. The van der Waals surface area contributed by atoms with E-state index in [0.717, 1.165) is 33.8 Å². The van der Waals surface area contributed by atoms with Crippen molar-refractivity contribution < 1.29 is 0 Å². The third-order valence-electron chi connectivity index (χ3n) is 14.0. The van der Waals surface area contributed by atoms with Crippen LogP contribution in [0.1, 0.15) is 0 Å². The van der Waals surface area contributed by atoms with Crippen LogP contribution >= 0.6 is 0 Å². The summed E-state index contributed by atoms with van der Waals surface area (Å²) in [5, 5.41) is 12.6. The standard InChI is InChI=1S/C57H32BN5/c1-2-14-38-36(12-1)37-13-3-4-15-39(37)53-41(38)32-45-57-54(53)43-29-34(47-17-6-9-26-60-47)22-24-50(43)63(57)52-20-11-19-51-55(52)58(45)44-31-35(48-18-7-10-27-61-48)30-42-40-28-33(46-16-5-8-25-59-46)21-23-49(40)62(51)56(42)44/h1-32H. The van der Waals surface area contributed by atoms with Gasteiger partial charge in [0.25, 0.3) is 6.71 Å². The zero-order valence-corrected chi connectivity index (χ0v) is 33.8. The Morgan fingerprint density at radius 3 is 1.48 bits per heavy atom. The van der Waals surface area contributed by atoms with E-state index in [9.17, 15) is 0 Å². The number of pyridine rings is 3. The fraction of sp³-hybridized carbons (Fsp3) is 0. The molecule has 0 bridgehead atoms. The summed E-state index contributed by atoms with van der Waals surface area (Å²) in [5.74, 6) is 0. The van der Waals surface area contributed by atoms with E-state index in [2.05, 4.69) is 167 Å². The van der Waals surface area contributed by atoms with Gasteiger partial charge < -0.3 is 9.13 Å². The molecule has 2 aliphatic rings. The molecule has 0 aliphatic carbocycles. The van der Waals surface area contributed by atoms with Crippen molar-refractivity contribution in [1.29, 1.82) is 0 Å². The first-order valence-electron chi connectivity index (χ1n) is 21.6. The van der Waals surface area contributed by atoms with Gasteiger partial charge in [0.15, 0.2) is 0 Å². The molecule has 5 aromatic heterocycles. The first kappa shape index (κ1) is 33.4. The minimum Gasteiger partial charge on any atom is -0.310 e. The number of fused-ring (bicyclic) bond motifs is 17. The molecule has 0 spiro atoms. The fourth-order valence-electron chi connectivity index (χ4n) is 11.5. The maximum Gasteiger partial charge on any atom is 0.252 e. The van der Waals surface area contributed by atoms with Crippen molar-refractivity contribution in [3.05, 3.63) is 195 Å². The van der Waals surface area contributed by atoms with Crippen LogP contribution in [0.25, 0.3) is 121 Å². The van der Waals surface area contributed by atoms with Crippen LogP contribution in [-0.4, -0.2) is 30.8 Å². The molecule has 6 heteroatoms. The Balaban J connectivity index is 1.16. The van der Waals surface area contributed by atoms with Gasteiger partial charge in [-0.1, -0.05) is 97.1 Å². The van der Waals surface area contributed by atoms with Gasteiger partial charge in [0, 0.05) is 79.1 Å². The number of rotatable bonds is 3. The number of nitrogens with zero attached hydrogens (tertiary/aromatic N) is 5. The van der Waals surface area contributed by atoms with E-state index < -0.39 is 0 Å². The van der Waals surface area contributed by atoms with E-state index in [1.807, 2.05) is 36.8 Å². The second-order valence-corrected chi connectivity index (χ2v) is 17.1. The van der Waals surface area contributed by atoms with E-state index in [-0.39, 0.29) is 6.71 Å². The Morgan fingerprint density at radius 1 is 0.333 bits per heavy atom. The smallest absolute Gasteiger partial charge is 0.252 e. The lowest BCUT2D eigenvalue weighted by Gasteiger charge is -2.34. The topological polar surface area (TPSA) is 48.5 Å². The van der Waals surface area contributed by atoms with Crippen molar-refractivity contribution in [3.8, 4) is 45.1 Å². The monoisotopic (exact) mass is 797 g/mol. The molecule has 13 aromatic rings. The highest BCUT2D eigenvalue weighted by molar-refractivity contribution is 7.00.